The third-order valence-electron chi connectivity index (χ3n) is 4.61. The number of aliphatic hydroxyl groups excluding tert-OH is 1. The Morgan fingerprint density at radius 3 is 2.65 bits per heavy atom. The first-order valence-corrected chi connectivity index (χ1v) is 8.28. The van der Waals surface area contributed by atoms with Gasteiger partial charge in [0.05, 0.1) is 24.9 Å². The quantitative estimate of drug-likeness (QED) is 0.785. The van der Waals surface area contributed by atoms with E-state index in [1.807, 2.05) is 0 Å². The Hall–Kier alpha value is -0.160. The molecule has 1 aliphatic carbocycles. The van der Waals surface area contributed by atoms with E-state index in [1.165, 1.54) is 12.8 Å². The van der Waals surface area contributed by atoms with Crippen molar-refractivity contribution >= 4 is 0 Å². The summed E-state index contributed by atoms with van der Waals surface area (Å²) in [6.45, 7) is 6.33. The minimum atomic E-state index is -0.396. The normalized spacial score (nSPS) is 36.8. The molecule has 0 aromatic carbocycles. The van der Waals surface area contributed by atoms with E-state index < -0.39 is 6.10 Å². The summed E-state index contributed by atoms with van der Waals surface area (Å²) in [5.41, 5.74) is 0. The van der Waals surface area contributed by atoms with Crippen LogP contribution in [0.15, 0.2) is 0 Å². The molecule has 2 aliphatic rings. The lowest BCUT2D eigenvalue weighted by atomic mass is 9.89. The smallest absolute Gasteiger partial charge is 0.0897 e. The molecular formula is C16H31NO3. The highest BCUT2D eigenvalue weighted by molar-refractivity contribution is 4.76. The second-order valence-electron chi connectivity index (χ2n) is 6.68. The fourth-order valence-electron chi connectivity index (χ4n) is 3.19. The average molecular weight is 285 g/mol. The van der Waals surface area contributed by atoms with Crippen LogP contribution in [-0.4, -0.2) is 49.2 Å². The van der Waals surface area contributed by atoms with Gasteiger partial charge in [0.2, 0.25) is 0 Å². The zero-order valence-electron chi connectivity index (χ0n) is 13.0. The van der Waals surface area contributed by atoms with E-state index in [2.05, 4.69) is 19.2 Å². The maximum Gasteiger partial charge on any atom is 0.0897 e. The molecule has 1 saturated carbocycles. The van der Waals surface area contributed by atoms with E-state index in [-0.39, 0.29) is 0 Å². The molecular weight excluding hydrogens is 254 g/mol. The Labute approximate surface area is 123 Å². The Bertz CT molecular complexity index is 266. The zero-order valence-corrected chi connectivity index (χ0v) is 13.0. The lowest BCUT2D eigenvalue weighted by Crippen LogP contribution is -2.42. The summed E-state index contributed by atoms with van der Waals surface area (Å²) in [7, 11) is 0. The van der Waals surface area contributed by atoms with Gasteiger partial charge in [0.25, 0.3) is 0 Å². The summed E-state index contributed by atoms with van der Waals surface area (Å²) in [5, 5.41) is 13.4. The lowest BCUT2D eigenvalue weighted by molar-refractivity contribution is -0.0314. The van der Waals surface area contributed by atoms with E-state index >= 15 is 0 Å². The van der Waals surface area contributed by atoms with Crippen LogP contribution >= 0.6 is 0 Å². The van der Waals surface area contributed by atoms with Crippen LogP contribution in [0.3, 0.4) is 0 Å². The van der Waals surface area contributed by atoms with Gasteiger partial charge in [-0.1, -0.05) is 6.92 Å². The van der Waals surface area contributed by atoms with Gasteiger partial charge in [-0.2, -0.15) is 0 Å². The number of aliphatic hydroxyl groups is 1. The third kappa shape index (κ3) is 5.68. The maximum atomic E-state index is 10.0. The van der Waals surface area contributed by atoms with Crippen molar-refractivity contribution in [1.82, 2.24) is 5.32 Å². The van der Waals surface area contributed by atoms with Crippen LogP contribution in [0.5, 0.6) is 0 Å². The van der Waals surface area contributed by atoms with Gasteiger partial charge in [-0.15, -0.1) is 0 Å². The number of hydrogen-bond acceptors (Lipinski definition) is 4. The molecule has 0 aromatic heterocycles. The van der Waals surface area contributed by atoms with Crippen LogP contribution in [-0.2, 0) is 9.47 Å². The van der Waals surface area contributed by atoms with Gasteiger partial charge in [-0.25, -0.2) is 0 Å². The van der Waals surface area contributed by atoms with E-state index in [0.717, 1.165) is 38.2 Å². The second-order valence-corrected chi connectivity index (χ2v) is 6.68. The van der Waals surface area contributed by atoms with Gasteiger partial charge >= 0.3 is 0 Å². The molecule has 0 bridgehead atoms. The highest BCUT2D eigenvalue weighted by atomic mass is 16.5. The summed E-state index contributed by atoms with van der Waals surface area (Å²) in [5.74, 6) is 0.844. The van der Waals surface area contributed by atoms with Crippen LogP contribution in [0.1, 0.15) is 52.4 Å². The topological polar surface area (TPSA) is 50.7 Å². The van der Waals surface area contributed by atoms with Crippen molar-refractivity contribution in [2.75, 3.05) is 19.8 Å². The van der Waals surface area contributed by atoms with Crippen molar-refractivity contribution in [3.05, 3.63) is 0 Å². The van der Waals surface area contributed by atoms with Gasteiger partial charge in [0, 0.05) is 19.2 Å². The average Bonchev–Trinajstić information content (AvgIpc) is 2.45. The molecule has 0 spiro atoms. The van der Waals surface area contributed by atoms with Crippen molar-refractivity contribution in [3.8, 4) is 0 Å². The first kappa shape index (κ1) is 16.2. The first-order chi connectivity index (χ1) is 9.63. The van der Waals surface area contributed by atoms with Gasteiger partial charge in [0.15, 0.2) is 0 Å². The van der Waals surface area contributed by atoms with Gasteiger partial charge in [-0.3, -0.25) is 0 Å². The number of nitrogens with one attached hydrogen (secondary N) is 1. The minimum Gasteiger partial charge on any atom is -0.389 e. The summed E-state index contributed by atoms with van der Waals surface area (Å²) in [4.78, 5) is 0. The molecule has 2 fully saturated rings. The van der Waals surface area contributed by atoms with Gasteiger partial charge in [0.1, 0.15) is 0 Å². The molecule has 0 radical (unpaired) electrons. The van der Waals surface area contributed by atoms with Crippen LogP contribution in [0, 0.1) is 5.92 Å². The number of hydrogen-bond donors (Lipinski definition) is 2. The van der Waals surface area contributed by atoms with E-state index in [0.29, 0.717) is 31.4 Å². The summed E-state index contributed by atoms with van der Waals surface area (Å²) in [6.07, 6.45) is 7.21. The van der Waals surface area contributed by atoms with Crippen LogP contribution in [0.25, 0.3) is 0 Å². The van der Waals surface area contributed by atoms with E-state index in [9.17, 15) is 5.11 Å². The van der Waals surface area contributed by atoms with E-state index in [4.69, 9.17) is 9.47 Å². The van der Waals surface area contributed by atoms with Crippen molar-refractivity contribution in [2.24, 2.45) is 5.92 Å². The standard InChI is InChI=1S/C16H31NO3/c1-12-3-5-16(6-4-12)20-11-15(18)10-17-14-7-8-19-13(2)9-14/h12-18H,3-11H2,1-2H3. The second kappa shape index (κ2) is 8.32. The minimum absolute atomic E-state index is 0.332. The molecule has 0 aromatic rings. The Morgan fingerprint density at radius 2 is 1.95 bits per heavy atom. The van der Waals surface area contributed by atoms with Gasteiger partial charge in [-0.05, 0) is 51.4 Å². The molecule has 4 heteroatoms. The fourth-order valence-corrected chi connectivity index (χ4v) is 3.19. The van der Waals surface area contributed by atoms with Crippen molar-refractivity contribution in [1.29, 1.82) is 0 Å². The molecule has 3 atom stereocenters. The number of rotatable bonds is 6. The van der Waals surface area contributed by atoms with E-state index in [1.54, 1.807) is 0 Å². The SMILES string of the molecule is CC1CCC(OCC(O)CNC2CCOC(C)C2)CC1. The van der Waals surface area contributed by atoms with Crippen molar-refractivity contribution < 1.29 is 14.6 Å². The predicted molar refractivity (Wildman–Crippen MR) is 79.8 cm³/mol. The molecule has 3 unspecified atom stereocenters. The van der Waals surface area contributed by atoms with Crippen LogP contribution in [0.4, 0.5) is 0 Å². The van der Waals surface area contributed by atoms with Crippen LogP contribution < -0.4 is 5.32 Å². The lowest BCUT2D eigenvalue weighted by Gasteiger charge is -2.30. The third-order valence-corrected chi connectivity index (χ3v) is 4.61. The molecule has 1 saturated heterocycles. The molecule has 4 nitrogen and oxygen atoms in total. The summed E-state index contributed by atoms with van der Waals surface area (Å²) >= 11 is 0. The zero-order chi connectivity index (χ0) is 14.4. The number of ether oxygens (including phenoxy) is 2. The summed E-state index contributed by atoms with van der Waals surface area (Å²) in [6, 6.07) is 0.476. The Balaban J connectivity index is 1.55. The summed E-state index contributed by atoms with van der Waals surface area (Å²) < 4.78 is 11.4. The van der Waals surface area contributed by atoms with Crippen molar-refractivity contribution in [3.63, 3.8) is 0 Å². The molecule has 0 amide bonds. The van der Waals surface area contributed by atoms with Crippen molar-refractivity contribution in [2.45, 2.75) is 76.7 Å². The van der Waals surface area contributed by atoms with Crippen LogP contribution in [0.2, 0.25) is 0 Å². The molecule has 20 heavy (non-hydrogen) atoms. The Morgan fingerprint density at radius 1 is 1.20 bits per heavy atom. The van der Waals surface area contributed by atoms with Gasteiger partial charge < -0.3 is 19.9 Å². The largest absolute Gasteiger partial charge is 0.389 e. The molecule has 2 rings (SSSR count). The predicted octanol–water partition coefficient (Wildman–Crippen LogP) is 2.10. The molecule has 1 heterocycles. The Kier molecular flexibility index (Phi) is 6.75. The highest BCUT2D eigenvalue weighted by Gasteiger charge is 2.21. The maximum absolute atomic E-state index is 10.0. The fraction of sp³-hybridized carbons (Fsp3) is 1.00. The molecule has 118 valence electrons. The highest BCUT2D eigenvalue weighted by Crippen LogP contribution is 2.25. The molecule has 1 aliphatic heterocycles. The monoisotopic (exact) mass is 285 g/mol. The molecule has 2 N–H and O–H groups in total. The first-order valence-electron chi connectivity index (χ1n) is 8.28.